The third-order valence-electron chi connectivity index (χ3n) is 5.95. The van der Waals surface area contributed by atoms with Gasteiger partial charge in [-0.05, 0) is 37.5 Å². The molecule has 0 spiro atoms. The van der Waals surface area contributed by atoms with Gasteiger partial charge in [0.2, 0.25) is 0 Å². The van der Waals surface area contributed by atoms with E-state index in [4.69, 9.17) is 0 Å². The SMILES string of the molecule is Cc1ccc(C2=C(c3cn(CCCn4ccnc4)c4cc(C)ccc34)C(=O)NC2=O)cc1. The molecule has 0 aliphatic carbocycles. The Bertz CT molecular complexity index is 1360. The van der Waals surface area contributed by atoms with Crippen LogP contribution < -0.4 is 5.32 Å². The quantitative estimate of drug-likeness (QED) is 0.474. The normalized spacial score (nSPS) is 13.9. The van der Waals surface area contributed by atoms with Crippen molar-refractivity contribution in [2.45, 2.75) is 33.4 Å². The number of carbonyl (C=O) groups is 2. The van der Waals surface area contributed by atoms with E-state index in [1.807, 2.05) is 62.0 Å². The van der Waals surface area contributed by atoms with E-state index in [0.717, 1.165) is 52.7 Å². The first-order chi connectivity index (χ1) is 15.5. The maximum absolute atomic E-state index is 12.9. The van der Waals surface area contributed by atoms with Crippen LogP contribution in [0.4, 0.5) is 0 Å². The molecule has 0 radical (unpaired) electrons. The second-order valence-corrected chi connectivity index (χ2v) is 8.31. The van der Waals surface area contributed by atoms with Crippen molar-refractivity contribution in [1.82, 2.24) is 19.4 Å². The Labute approximate surface area is 186 Å². The Morgan fingerprint density at radius 3 is 2.41 bits per heavy atom. The van der Waals surface area contributed by atoms with Gasteiger partial charge in [0, 0.05) is 48.1 Å². The van der Waals surface area contributed by atoms with Crippen molar-refractivity contribution < 1.29 is 9.59 Å². The van der Waals surface area contributed by atoms with Gasteiger partial charge in [0.15, 0.2) is 0 Å². The van der Waals surface area contributed by atoms with Gasteiger partial charge in [0.05, 0.1) is 17.5 Å². The Hall–Kier alpha value is -3.93. The maximum Gasteiger partial charge on any atom is 0.259 e. The fourth-order valence-corrected chi connectivity index (χ4v) is 4.34. The number of aryl methyl sites for hydroxylation is 4. The highest BCUT2D eigenvalue weighted by Gasteiger charge is 2.33. The van der Waals surface area contributed by atoms with Crippen LogP contribution >= 0.6 is 0 Å². The highest BCUT2D eigenvalue weighted by Crippen LogP contribution is 2.36. The second kappa shape index (κ2) is 7.96. The Morgan fingerprint density at radius 1 is 0.906 bits per heavy atom. The van der Waals surface area contributed by atoms with Crippen LogP contribution in [-0.4, -0.2) is 25.9 Å². The summed E-state index contributed by atoms with van der Waals surface area (Å²) in [5.41, 5.74) is 5.74. The van der Waals surface area contributed by atoms with Gasteiger partial charge >= 0.3 is 0 Å². The first-order valence-electron chi connectivity index (χ1n) is 10.7. The second-order valence-electron chi connectivity index (χ2n) is 8.31. The van der Waals surface area contributed by atoms with E-state index >= 15 is 0 Å². The number of fused-ring (bicyclic) bond motifs is 1. The lowest BCUT2D eigenvalue weighted by Gasteiger charge is -2.06. The minimum Gasteiger partial charge on any atom is -0.347 e. The Kier molecular flexibility index (Phi) is 4.98. The molecule has 0 fully saturated rings. The van der Waals surface area contributed by atoms with Crippen LogP contribution in [0.3, 0.4) is 0 Å². The number of nitrogens with one attached hydrogen (secondary N) is 1. The number of imidazole rings is 1. The molecule has 32 heavy (non-hydrogen) atoms. The average Bonchev–Trinajstić information content (AvgIpc) is 3.47. The number of nitrogens with zero attached hydrogens (tertiary/aromatic N) is 3. The minimum atomic E-state index is -0.345. The summed E-state index contributed by atoms with van der Waals surface area (Å²) in [5.74, 6) is -0.689. The Morgan fingerprint density at radius 2 is 1.66 bits per heavy atom. The van der Waals surface area contributed by atoms with E-state index < -0.39 is 0 Å². The molecule has 0 saturated heterocycles. The average molecular weight is 425 g/mol. The molecule has 2 aromatic heterocycles. The van der Waals surface area contributed by atoms with Gasteiger partial charge in [-0.1, -0.05) is 42.0 Å². The molecule has 2 aromatic carbocycles. The molecule has 0 saturated carbocycles. The van der Waals surface area contributed by atoms with Crippen LogP contribution in [0.1, 0.15) is 28.7 Å². The fraction of sp³-hybridized carbons (Fsp3) is 0.192. The number of carbonyl (C=O) groups excluding carboxylic acids is 2. The molecule has 6 nitrogen and oxygen atoms in total. The molecule has 0 bridgehead atoms. The van der Waals surface area contributed by atoms with E-state index in [2.05, 4.69) is 32.4 Å². The largest absolute Gasteiger partial charge is 0.347 e. The first-order valence-corrected chi connectivity index (χ1v) is 10.7. The monoisotopic (exact) mass is 424 g/mol. The molecule has 3 heterocycles. The molecule has 0 atom stereocenters. The predicted molar refractivity (Wildman–Crippen MR) is 125 cm³/mol. The van der Waals surface area contributed by atoms with Crippen LogP contribution in [-0.2, 0) is 22.7 Å². The minimum absolute atomic E-state index is 0.344. The summed E-state index contributed by atoms with van der Waals surface area (Å²) < 4.78 is 4.24. The van der Waals surface area contributed by atoms with Gasteiger partial charge in [-0.25, -0.2) is 4.98 Å². The van der Waals surface area contributed by atoms with Gasteiger partial charge in [0.25, 0.3) is 11.8 Å². The van der Waals surface area contributed by atoms with E-state index in [1.165, 1.54) is 0 Å². The molecule has 4 aromatic rings. The van der Waals surface area contributed by atoms with E-state index in [-0.39, 0.29) is 11.8 Å². The lowest BCUT2D eigenvalue weighted by atomic mass is 9.95. The summed E-state index contributed by atoms with van der Waals surface area (Å²) in [6.45, 7) is 5.71. The van der Waals surface area contributed by atoms with Gasteiger partial charge in [-0.15, -0.1) is 0 Å². The zero-order chi connectivity index (χ0) is 22.2. The molecule has 1 aliphatic heterocycles. The summed E-state index contributed by atoms with van der Waals surface area (Å²) in [6.07, 6.45) is 8.48. The standard InChI is InChI=1S/C26H24N4O2/c1-17-4-7-19(8-5-17)23-24(26(32)28-25(23)31)21-15-30(12-3-11-29-13-10-27-16-29)22-14-18(2)6-9-20(21)22/h4-10,13-16H,3,11-12H2,1-2H3,(H,28,31,32). The number of imide groups is 1. The predicted octanol–water partition coefficient (Wildman–Crippen LogP) is 4.11. The van der Waals surface area contributed by atoms with Crippen molar-refractivity contribution in [1.29, 1.82) is 0 Å². The summed E-state index contributed by atoms with van der Waals surface area (Å²) in [5, 5.41) is 3.48. The number of benzene rings is 2. The lowest BCUT2D eigenvalue weighted by Crippen LogP contribution is -2.22. The molecule has 5 rings (SSSR count). The van der Waals surface area contributed by atoms with Crippen molar-refractivity contribution >= 4 is 33.9 Å². The van der Waals surface area contributed by atoms with Crippen molar-refractivity contribution in [3.63, 3.8) is 0 Å². The summed E-state index contributed by atoms with van der Waals surface area (Å²) in [7, 11) is 0. The van der Waals surface area contributed by atoms with Gasteiger partial charge in [-0.3, -0.25) is 14.9 Å². The molecule has 2 amide bonds. The molecule has 1 aliphatic rings. The van der Waals surface area contributed by atoms with Gasteiger partial charge < -0.3 is 9.13 Å². The smallest absolute Gasteiger partial charge is 0.259 e. The van der Waals surface area contributed by atoms with Gasteiger partial charge in [-0.2, -0.15) is 0 Å². The highest BCUT2D eigenvalue weighted by molar-refractivity contribution is 6.50. The summed E-state index contributed by atoms with van der Waals surface area (Å²) in [4.78, 5) is 29.8. The van der Waals surface area contributed by atoms with Crippen LogP contribution in [0.5, 0.6) is 0 Å². The van der Waals surface area contributed by atoms with Crippen molar-refractivity contribution in [2.75, 3.05) is 0 Å². The van der Waals surface area contributed by atoms with Gasteiger partial charge in [0.1, 0.15) is 0 Å². The van der Waals surface area contributed by atoms with Crippen LogP contribution in [0.25, 0.3) is 22.0 Å². The third-order valence-corrected chi connectivity index (χ3v) is 5.95. The lowest BCUT2D eigenvalue weighted by molar-refractivity contribution is -0.122. The molecule has 160 valence electrons. The van der Waals surface area contributed by atoms with E-state index in [0.29, 0.717) is 11.1 Å². The number of hydrogen-bond acceptors (Lipinski definition) is 3. The van der Waals surface area contributed by atoms with Crippen LogP contribution in [0, 0.1) is 13.8 Å². The Balaban J connectivity index is 1.61. The van der Waals surface area contributed by atoms with Crippen LogP contribution in [0.15, 0.2) is 67.4 Å². The topological polar surface area (TPSA) is 68.9 Å². The molecular formula is C26H24N4O2. The van der Waals surface area contributed by atoms with Crippen LogP contribution in [0.2, 0.25) is 0 Å². The summed E-state index contributed by atoms with van der Waals surface area (Å²) in [6, 6.07) is 13.9. The molecule has 6 heteroatoms. The van der Waals surface area contributed by atoms with Crippen molar-refractivity contribution in [2.24, 2.45) is 0 Å². The number of aromatic nitrogens is 3. The number of hydrogen-bond donors (Lipinski definition) is 1. The maximum atomic E-state index is 12.9. The number of rotatable bonds is 6. The fourth-order valence-electron chi connectivity index (χ4n) is 4.34. The van der Waals surface area contributed by atoms with E-state index in [1.54, 1.807) is 6.20 Å². The molecular weight excluding hydrogens is 400 g/mol. The number of amides is 2. The zero-order valence-corrected chi connectivity index (χ0v) is 18.1. The third kappa shape index (κ3) is 3.54. The van der Waals surface area contributed by atoms with E-state index in [9.17, 15) is 9.59 Å². The summed E-state index contributed by atoms with van der Waals surface area (Å²) >= 11 is 0. The molecule has 1 N–H and O–H groups in total. The molecule has 0 unspecified atom stereocenters. The highest BCUT2D eigenvalue weighted by atomic mass is 16.2. The first kappa shape index (κ1) is 20.0. The zero-order valence-electron chi connectivity index (χ0n) is 18.1. The van der Waals surface area contributed by atoms with Crippen molar-refractivity contribution in [3.8, 4) is 0 Å². The van der Waals surface area contributed by atoms with Crippen molar-refractivity contribution in [3.05, 3.63) is 89.6 Å².